The molecule has 0 spiro atoms. The second-order valence-corrected chi connectivity index (χ2v) is 6.60. The van der Waals surface area contributed by atoms with E-state index in [9.17, 15) is 0 Å². The lowest BCUT2D eigenvalue weighted by Crippen LogP contribution is -2.44. The molecule has 1 saturated carbocycles. The molecule has 1 aromatic carbocycles. The molecule has 1 aromatic heterocycles. The van der Waals surface area contributed by atoms with Gasteiger partial charge < -0.3 is 10.3 Å². The van der Waals surface area contributed by atoms with E-state index >= 15 is 0 Å². The van der Waals surface area contributed by atoms with Crippen molar-refractivity contribution in [2.75, 3.05) is 0 Å². The van der Waals surface area contributed by atoms with Crippen molar-refractivity contribution in [3.8, 4) is 0 Å². The van der Waals surface area contributed by atoms with Gasteiger partial charge in [0.15, 0.2) is 5.82 Å². The molecule has 1 aliphatic carbocycles. The van der Waals surface area contributed by atoms with E-state index in [4.69, 9.17) is 10.3 Å². The Morgan fingerprint density at radius 3 is 2.76 bits per heavy atom. The van der Waals surface area contributed by atoms with Gasteiger partial charge in [-0.2, -0.15) is 4.98 Å². The average Bonchev–Trinajstić information content (AvgIpc) is 2.86. The van der Waals surface area contributed by atoms with Crippen LogP contribution in [0.25, 0.3) is 0 Å². The lowest BCUT2D eigenvalue weighted by molar-refractivity contribution is 0.229. The highest BCUT2D eigenvalue weighted by Gasteiger charge is 2.38. The van der Waals surface area contributed by atoms with Crippen molar-refractivity contribution in [3.63, 3.8) is 0 Å². The molecule has 4 nitrogen and oxygen atoms in total. The van der Waals surface area contributed by atoms with Crippen molar-refractivity contribution in [3.05, 3.63) is 41.0 Å². The molecule has 0 radical (unpaired) electrons. The number of nitrogens with two attached hydrogens (primary N) is 1. The predicted octanol–water partition coefficient (Wildman–Crippen LogP) is 3.74. The van der Waals surface area contributed by atoms with Gasteiger partial charge in [-0.15, -0.1) is 24.2 Å². The summed E-state index contributed by atoms with van der Waals surface area (Å²) in [5.74, 6) is 2.01. The maximum Gasteiger partial charge on any atom is 0.237 e. The predicted molar refractivity (Wildman–Crippen MR) is 86.7 cm³/mol. The van der Waals surface area contributed by atoms with E-state index < -0.39 is 0 Å². The van der Waals surface area contributed by atoms with Crippen molar-refractivity contribution < 1.29 is 4.52 Å². The SMILES string of the molecule is Cc1ccc(C)c(SCc2nc(C3(N)CCC3)no2)c1.Cl. The highest BCUT2D eigenvalue weighted by molar-refractivity contribution is 7.98. The summed E-state index contributed by atoms with van der Waals surface area (Å²) in [6, 6.07) is 6.45. The smallest absolute Gasteiger partial charge is 0.237 e. The maximum atomic E-state index is 6.20. The summed E-state index contributed by atoms with van der Waals surface area (Å²) in [4.78, 5) is 5.71. The van der Waals surface area contributed by atoms with Gasteiger partial charge in [0, 0.05) is 4.90 Å². The van der Waals surface area contributed by atoms with Gasteiger partial charge in [0.25, 0.3) is 0 Å². The van der Waals surface area contributed by atoms with Gasteiger partial charge in [0.05, 0.1) is 11.3 Å². The van der Waals surface area contributed by atoms with E-state index in [0.717, 1.165) is 19.3 Å². The zero-order chi connectivity index (χ0) is 14.2. The van der Waals surface area contributed by atoms with Crippen LogP contribution in [0.2, 0.25) is 0 Å². The number of halogens is 1. The van der Waals surface area contributed by atoms with E-state index in [-0.39, 0.29) is 17.9 Å². The van der Waals surface area contributed by atoms with Crippen LogP contribution in [0, 0.1) is 13.8 Å². The molecule has 0 bridgehead atoms. The number of hydrogen-bond acceptors (Lipinski definition) is 5. The molecule has 21 heavy (non-hydrogen) atoms. The van der Waals surface area contributed by atoms with Gasteiger partial charge in [-0.3, -0.25) is 0 Å². The Hall–Kier alpha value is -1.04. The first-order chi connectivity index (χ1) is 9.57. The van der Waals surface area contributed by atoms with Gasteiger partial charge >= 0.3 is 0 Å². The second kappa shape index (κ2) is 6.38. The molecule has 0 aliphatic heterocycles. The van der Waals surface area contributed by atoms with Crippen molar-refractivity contribution in [1.29, 1.82) is 0 Å². The van der Waals surface area contributed by atoms with Gasteiger partial charge in [-0.05, 0) is 44.7 Å². The Morgan fingerprint density at radius 2 is 2.10 bits per heavy atom. The summed E-state index contributed by atoms with van der Waals surface area (Å²) in [5.41, 5.74) is 8.39. The van der Waals surface area contributed by atoms with E-state index in [1.54, 1.807) is 11.8 Å². The zero-order valence-corrected chi connectivity index (χ0v) is 13.9. The molecular formula is C15H20ClN3OS. The van der Waals surface area contributed by atoms with Crippen molar-refractivity contribution in [2.45, 2.75) is 49.3 Å². The first-order valence-electron chi connectivity index (χ1n) is 6.89. The summed E-state index contributed by atoms with van der Waals surface area (Å²) >= 11 is 1.73. The number of nitrogens with zero attached hydrogens (tertiary/aromatic N) is 2. The zero-order valence-electron chi connectivity index (χ0n) is 12.3. The molecule has 2 N–H and O–H groups in total. The van der Waals surface area contributed by atoms with Crippen molar-refractivity contribution >= 4 is 24.2 Å². The summed E-state index contributed by atoms with van der Waals surface area (Å²) < 4.78 is 5.32. The summed E-state index contributed by atoms with van der Waals surface area (Å²) in [5, 5.41) is 4.04. The van der Waals surface area contributed by atoms with Gasteiger partial charge in [0.1, 0.15) is 0 Å². The molecule has 0 unspecified atom stereocenters. The highest BCUT2D eigenvalue weighted by Crippen LogP contribution is 2.37. The molecule has 114 valence electrons. The summed E-state index contributed by atoms with van der Waals surface area (Å²) in [6.45, 7) is 4.22. The van der Waals surface area contributed by atoms with Gasteiger partial charge in [-0.1, -0.05) is 22.9 Å². The van der Waals surface area contributed by atoms with Crippen molar-refractivity contribution in [2.24, 2.45) is 5.73 Å². The normalized spacial score (nSPS) is 16.1. The summed E-state index contributed by atoms with van der Waals surface area (Å²) in [6.07, 6.45) is 3.06. The first-order valence-corrected chi connectivity index (χ1v) is 7.87. The quantitative estimate of drug-likeness (QED) is 0.867. The van der Waals surface area contributed by atoms with Crippen molar-refractivity contribution in [1.82, 2.24) is 10.1 Å². The number of thioether (sulfide) groups is 1. The van der Waals surface area contributed by atoms with E-state index in [1.165, 1.54) is 16.0 Å². The van der Waals surface area contributed by atoms with Crippen LogP contribution in [0.3, 0.4) is 0 Å². The molecule has 1 aliphatic rings. The van der Waals surface area contributed by atoms with Gasteiger partial charge in [-0.25, -0.2) is 0 Å². The Bertz CT molecular complexity index is 625. The van der Waals surface area contributed by atoms with Crippen LogP contribution in [0.15, 0.2) is 27.6 Å². The number of aromatic nitrogens is 2. The molecular weight excluding hydrogens is 306 g/mol. The Kier molecular flexibility index (Phi) is 4.96. The Morgan fingerprint density at radius 1 is 1.33 bits per heavy atom. The molecule has 0 amide bonds. The third kappa shape index (κ3) is 3.42. The van der Waals surface area contributed by atoms with Crippen LogP contribution in [-0.2, 0) is 11.3 Å². The van der Waals surface area contributed by atoms with Crippen LogP contribution in [0.1, 0.15) is 42.1 Å². The number of aryl methyl sites for hydroxylation is 2. The second-order valence-electron chi connectivity index (χ2n) is 5.58. The number of hydrogen-bond donors (Lipinski definition) is 1. The number of benzene rings is 1. The molecule has 1 heterocycles. The standard InChI is InChI=1S/C15H19N3OS.ClH/c1-10-4-5-11(2)12(8-10)20-9-13-17-14(18-19-13)15(16)6-3-7-15;/h4-5,8H,3,6-7,9,16H2,1-2H3;1H. The van der Waals surface area contributed by atoms with E-state index in [2.05, 4.69) is 42.2 Å². The van der Waals surface area contributed by atoms with Gasteiger partial charge in [0.2, 0.25) is 5.89 Å². The average molecular weight is 326 g/mol. The Balaban J connectivity index is 0.00000161. The first kappa shape index (κ1) is 16.3. The largest absolute Gasteiger partial charge is 0.338 e. The van der Waals surface area contributed by atoms with Crippen LogP contribution >= 0.6 is 24.2 Å². The van der Waals surface area contributed by atoms with E-state index in [1.807, 2.05) is 0 Å². The van der Waals surface area contributed by atoms with Crippen LogP contribution in [-0.4, -0.2) is 10.1 Å². The molecule has 2 aromatic rings. The minimum absolute atomic E-state index is 0. The third-order valence-corrected chi connectivity index (χ3v) is 5.00. The molecule has 1 fully saturated rings. The third-order valence-electron chi connectivity index (χ3n) is 3.85. The van der Waals surface area contributed by atoms with Crippen LogP contribution in [0.4, 0.5) is 0 Å². The lowest BCUT2D eigenvalue weighted by atomic mass is 9.77. The molecule has 0 atom stereocenters. The maximum absolute atomic E-state index is 6.20. The lowest BCUT2D eigenvalue weighted by Gasteiger charge is -2.34. The number of rotatable bonds is 4. The van der Waals surface area contributed by atoms with E-state index in [0.29, 0.717) is 17.5 Å². The molecule has 0 saturated heterocycles. The fraction of sp³-hybridized carbons (Fsp3) is 0.467. The fourth-order valence-electron chi connectivity index (χ4n) is 2.30. The summed E-state index contributed by atoms with van der Waals surface area (Å²) in [7, 11) is 0. The minimum atomic E-state index is -0.342. The minimum Gasteiger partial charge on any atom is -0.338 e. The fourth-order valence-corrected chi connectivity index (χ4v) is 3.26. The highest BCUT2D eigenvalue weighted by atomic mass is 35.5. The van der Waals surface area contributed by atoms with Crippen LogP contribution < -0.4 is 5.73 Å². The molecule has 6 heteroatoms. The Labute approximate surface area is 135 Å². The van der Waals surface area contributed by atoms with Crippen LogP contribution in [0.5, 0.6) is 0 Å². The molecule has 3 rings (SSSR count). The monoisotopic (exact) mass is 325 g/mol. The topological polar surface area (TPSA) is 64.9 Å².